The summed E-state index contributed by atoms with van der Waals surface area (Å²) in [4.78, 5) is 25.5. The SMILES string of the molecule is CCOC(=O)C1CCN(C(=O)N/C=C/c2ccc(C)cc2)CC1. The van der Waals surface area contributed by atoms with Gasteiger partial charge in [-0.25, -0.2) is 4.79 Å². The van der Waals surface area contributed by atoms with Gasteiger partial charge in [0.05, 0.1) is 12.5 Å². The van der Waals surface area contributed by atoms with Gasteiger partial charge in [-0.05, 0) is 38.3 Å². The fourth-order valence-corrected chi connectivity index (χ4v) is 2.56. The number of carbonyl (C=O) groups excluding carboxylic acids is 2. The molecular formula is C18H24N2O3. The highest BCUT2D eigenvalue weighted by molar-refractivity contribution is 5.77. The normalized spacial score (nSPS) is 15.7. The van der Waals surface area contributed by atoms with Crippen LogP contribution < -0.4 is 5.32 Å². The minimum Gasteiger partial charge on any atom is -0.466 e. The summed E-state index contributed by atoms with van der Waals surface area (Å²) in [5.74, 6) is -0.228. The predicted octanol–water partition coefficient (Wildman–Crippen LogP) is 2.95. The molecule has 23 heavy (non-hydrogen) atoms. The third-order valence-electron chi connectivity index (χ3n) is 3.96. The molecule has 0 atom stereocenters. The molecule has 0 radical (unpaired) electrons. The quantitative estimate of drug-likeness (QED) is 0.869. The molecule has 1 aliphatic rings. The average molecular weight is 316 g/mol. The molecule has 124 valence electrons. The van der Waals surface area contributed by atoms with Crippen molar-refractivity contribution in [3.05, 3.63) is 41.6 Å². The van der Waals surface area contributed by atoms with Crippen LogP contribution in [0.1, 0.15) is 30.9 Å². The number of amides is 2. The Morgan fingerprint density at radius 1 is 1.26 bits per heavy atom. The monoisotopic (exact) mass is 316 g/mol. The lowest BCUT2D eigenvalue weighted by Crippen LogP contribution is -2.44. The van der Waals surface area contributed by atoms with Crippen molar-refractivity contribution in [3.63, 3.8) is 0 Å². The number of esters is 1. The lowest BCUT2D eigenvalue weighted by Gasteiger charge is -2.30. The van der Waals surface area contributed by atoms with Crippen molar-refractivity contribution in [1.29, 1.82) is 0 Å². The molecule has 2 rings (SSSR count). The Balaban J connectivity index is 1.76. The molecule has 1 saturated heterocycles. The van der Waals surface area contributed by atoms with E-state index in [2.05, 4.69) is 5.32 Å². The Morgan fingerprint density at radius 2 is 1.91 bits per heavy atom. The first-order valence-corrected chi connectivity index (χ1v) is 8.05. The van der Waals surface area contributed by atoms with E-state index >= 15 is 0 Å². The number of aryl methyl sites for hydroxylation is 1. The van der Waals surface area contributed by atoms with E-state index in [-0.39, 0.29) is 17.9 Å². The fraction of sp³-hybridized carbons (Fsp3) is 0.444. The van der Waals surface area contributed by atoms with Crippen LogP contribution in [-0.2, 0) is 9.53 Å². The minimum absolute atomic E-state index is 0.0814. The van der Waals surface area contributed by atoms with E-state index in [0.717, 1.165) is 5.56 Å². The summed E-state index contributed by atoms with van der Waals surface area (Å²) in [6.07, 6.45) is 4.84. The molecular weight excluding hydrogens is 292 g/mol. The smallest absolute Gasteiger partial charge is 0.321 e. The topological polar surface area (TPSA) is 58.6 Å². The molecule has 0 aliphatic carbocycles. The van der Waals surface area contributed by atoms with Crippen molar-refractivity contribution in [2.45, 2.75) is 26.7 Å². The molecule has 1 aliphatic heterocycles. The van der Waals surface area contributed by atoms with Crippen LogP contribution in [0.25, 0.3) is 6.08 Å². The molecule has 0 aromatic heterocycles. The molecule has 2 amide bonds. The van der Waals surface area contributed by atoms with Gasteiger partial charge in [-0.15, -0.1) is 0 Å². The number of hydrogen-bond donors (Lipinski definition) is 1. The second-order valence-electron chi connectivity index (χ2n) is 5.71. The first kappa shape index (κ1) is 17.1. The van der Waals surface area contributed by atoms with Gasteiger partial charge >= 0.3 is 12.0 Å². The summed E-state index contributed by atoms with van der Waals surface area (Å²) in [6, 6.07) is 7.94. The number of nitrogens with zero attached hydrogens (tertiary/aromatic N) is 1. The first-order chi connectivity index (χ1) is 11.1. The van der Waals surface area contributed by atoms with Crippen LogP contribution in [0.2, 0.25) is 0 Å². The number of ether oxygens (including phenoxy) is 1. The average Bonchev–Trinajstić information content (AvgIpc) is 2.57. The van der Waals surface area contributed by atoms with Gasteiger partial charge in [-0.3, -0.25) is 4.79 Å². The van der Waals surface area contributed by atoms with E-state index < -0.39 is 0 Å². The number of piperidine rings is 1. The maximum atomic E-state index is 12.1. The van der Waals surface area contributed by atoms with Crippen molar-refractivity contribution in [1.82, 2.24) is 10.2 Å². The number of carbonyl (C=O) groups is 2. The van der Waals surface area contributed by atoms with Gasteiger partial charge < -0.3 is 15.0 Å². The number of benzene rings is 1. The first-order valence-electron chi connectivity index (χ1n) is 8.05. The Kier molecular flexibility index (Phi) is 6.20. The predicted molar refractivity (Wildman–Crippen MR) is 89.7 cm³/mol. The van der Waals surface area contributed by atoms with Crippen LogP contribution in [0, 0.1) is 12.8 Å². The molecule has 0 bridgehead atoms. The third kappa shape index (κ3) is 5.13. The zero-order valence-corrected chi connectivity index (χ0v) is 13.7. The van der Waals surface area contributed by atoms with E-state index in [1.807, 2.05) is 37.3 Å². The van der Waals surface area contributed by atoms with Crippen molar-refractivity contribution >= 4 is 18.1 Å². The van der Waals surface area contributed by atoms with Crippen LogP contribution in [0.5, 0.6) is 0 Å². The molecule has 5 nitrogen and oxygen atoms in total. The van der Waals surface area contributed by atoms with Crippen LogP contribution in [0.3, 0.4) is 0 Å². The molecule has 1 fully saturated rings. The summed E-state index contributed by atoms with van der Waals surface area (Å²) >= 11 is 0. The lowest BCUT2D eigenvalue weighted by molar-refractivity contribution is -0.149. The molecule has 0 spiro atoms. The third-order valence-corrected chi connectivity index (χ3v) is 3.96. The van der Waals surface area contributed by atoms with E-state index in [0.29, 0.717) is 32.5 Å². The summed E-state index contributed by atoms with van der Waals surface area (Å²) in [6.45, 7) is 5.40. The highest BCUT2D eigenvalue weighted by Gasteiger charge is 2.27. The molecule has 1 heterocycles. The summed E-state index contributed by atoms with van der Waals surface area (Å²) in [7, 11) is 0. The van der Waals surface area contributed by atoms with E-state index in [1.54, 1.807) is 18.0 Å². The van der Waals surface area contributed by atoms with Gasteiger partial charge in [0.2, 0.25) is 0 Å². The second kappa shape index (κ2) is 8.36. The largest absolute Gasteiger partial charge is 0.466 e. The van der Waals surface area contributed by atoms with Crippen molar-refractivity contribution < 1.29 is 14.3 Å². The number of nitrogens with one attached hydrogen (secondary N) is 1. The zero-order chi connectivity index (χ0) is 16.7. The van der Waals surface area contributed by atoms with Crippen LogP contribution in [0.15, 0.2) is 30.5 Å². The van der Waals surface area contributed by atoms with Gasteiger partial charge in [0.1, 0.15) is 0 Å². The Morgan fingerprint density at radius 3 is 2.52 bits per heavy atom. The number of rotatable bonds is 4. The molecule has 1 N–H and O–H groups in total. The summed E-state index contributed by atoms with van der Waals surface area (Å²) < 4.78 is 5.03. The minimum atomic E-state index is -0.146. The Labute approximate surface area is 137 Å². The van der Waals surface area contributed by atoms with Crippen LogP contribution in [-0.4, -0.2) is 36.6 Å². The van der Waals surface area contributed by atoms with Crippen molar-refractivity contribution in [3.8, 4) is 0 Å². The molecule has 1 aromatic rings. The fourth-order valence-electron chi connectivity index (χ4n) is 2.56. The van der Waals surface area contributed by atoms with Gasteiger partial charge in [0.25, 0.3) is 0 Å². The Bertz CT molecular complexity index is 558. The van der Waals surface area contributed by atoms with E-state index in [9.17, 15) is 9.59 Å². The van der Waals surface area contributed by atoms with Crippen LogP contribution in [0.4, 0.5) is 4.79 Å². The van der Waals surface area contributed by atoms with E-state index in [4.69, 9.17) is 4.74 Å². The van der Waals surface area contributed by atoms with Gasteiger partial charge in [-0.1, -0.05) is 29.8 Å². The Hall–Kier alpha value is -2.30. The molecule has 1 aromatic carbocycles. The number of hydrogen-bond acceptors (Lipinski definition) is 3. The molecule has 5 heteroatoms. The van der Waals surface area contributed by atoms with Gasteiger partial charge in [0, 0.05) is 19.3 Å². The second-order valence-corrected chi connectivity index (χ2v) is 5.71. The molecule has 0 saturated carbocycles. The van der Waals surface area contributed by atoms with Crippen molar-refractivity contribution in [2.24, 2.45) is 5.92 Å². The number of urea groups is 1. The molecule has 0 unspecified atom stereocenters. The highest BCUT2D eigenvalue weighted by atomic mass is 16.5. The standard InChI is InChI=1S/C18H24N2O3/c1-3-23-17(21)16-9-12-20(13-10-16)18(22)19-11-8-15-6-4-14(2)5-7-15/h4-8,11,16H,3,9-10,12-13H2,1-2H3,(H,19,22)/b11-8+. The number of likely N-dealkylation sites (tertiary alicyclic amines) is 1. The van der Waals surface area contributed by atoms with E-state index in [1.165, 1.54) is 5.56 Å². The van der Waals surface area contributed by atoms with Gasteiger partial charge in [0.15, 0.2) is 0 Å². The maximum absolute atomic E-state index is 12.1. The van der Waals surface area contributed by atoms with Gasteiger partial charge in [-0.2, -0.15) is 0 Å². The van der Waals surface area contributed by atoms with Crippen LogP contribution >= 0.6 is 0 Å². The lowest BCUT2D eigenvalue weighted by atomic mass is 9.97. The maximum Gasteiger partial charge on any atom is 0.321 e. The highest BCUT2D eigenvalue weighted by Crippen LogP contribution is 2.18. The zero-order valence-electron chi connectivity index (χ0n) is 13.7. The summed E-state index contributed by atoms with van der Waals surface area (Å²) in [5, 5.41) is 2.77. The van der Waals surface area contributed by atoms with Crippen molar-refractivity contribution in [2.75, 3.05) is 19.7 Å². The summed E-state index contributed by atoms with van der Waals surface area (Å²) in [5.41, 5.74) is 2.24.